The molecule has 1 amide bonds. The highest BCUT2D eigenvalue weighted by atomic mass is 79.9. The largest absolute Gasteiger partial charge is 0.341 e. The highest BCUT2D eigenvalue weighted by molar-refractivity contribution is 9.10. The highest BCUT2D eigenvalue weighted by Crippen LogP contribution is 2.24. The van der Waals surface area contributed by atoms with Crippen molar-refractivity contribution in [3.05, 3.63) is 34.1 Å². The lowest BCUT2D eigenvalue weighted by Crippen LogP contribution is -2.47. The quantitative estimate of drug-likeness (QED) is 0.892. The Balaban J connectivity index is 1.97. The maximum absolute atomic E-state index is 13.1. The zero-order chi connectivity index (χ0) is 15.4. The number of amides is 1. The molecule has 1 fully saturated rings. The van der Waals surface area contributed by atoms with E-state index >= 15 is 0 Å². The van der Waals surface area contributed by atoms with Gasteiger partial charge in [-0.15, -0.1) is 0 Å². The van der Waals surface area contributed by atoms with E-state index in [-0.39, 0.29) is 23.8 Å². The molecule has 0 bridgehead atoms. The van der Waals surface area contributed by atoms with Crippen LogP contribution < -0.4 is 5.32 Å². The molecule has 0 saturated carbocycles. The lowest BCUT2D eigenvalue weighted by atomic mass is 10.1. The summed E-state index contributed by atoms with van der Waals surface area (Å²) in [6.07, 6.45) is 3.40. The van der Waals surface area contributed by atoms with Crippen molar-refractivity contribution in [2.75, 3.05) is 13.1 Å². The molecule has 21 heavy (non-hydrogen) atoms. The van der Waals surface area contributed by atoms with Crippen molar-refractivity contribution in [1.29, 1.82) is 0 Å². The molecule has 1 N–H and O–H groups in total. The van der Waals surface area contributed by atoms with Crippen LogP contribution in [0.3, 0.4) is 0 Å². The van der Waals surface area contributed by atoms with E-state index in [0.717, 1.165) is 36.0 Å². The molecule has 0 aliphatic carbocycles. The van der Waals surface area contributed by atoms with Crippen molar-refractivity contribution in [2.45, 2.75) is 45.2 Å². The van der Waals surface area contributed by atoms with Crippen molar-refractivity contribution >= 4 is 21.8 Å². The van der Waals surface area contributed by atoms with Gasteiger partial charge in [-0.05, 0) is 50.8 Å². The fourth-order valence-electron chi connectivity index (χ4n) is 2.78. The van der Waals surface area contributed by atoms with Gasteiger partial charge < -0.3 is 4.90 Å². The monoisotopic (exact) mass is 356 g/mol. The number of halogens is 2. The Kier molecular flexibility index (Phi) is 5.76. The maximum atomic E-state index is 13.1. The zero-order valence-electron chi connectivity index (χ0n) is 12.5. The molecule has 1 heterocycles. The van der Waals surface area contributed by atoms with Gasteiger partial charge in [0.25, 0.3) is 0 Å². The second-order valence-corrected chi connectivity index (χ2v) is 6.52. The Morgan fingerprint density at radius 1 is 1.29 bits per heavy atom. The molecule has 1 aliphatic rings. The third-order valence-electron chi connectivity index (χ3n) is 3.97. The number of carbonyl (C=O) groups excluding carboxylic acids is 1. The number of nitrogens with one attached hydrogen (secondary N) is 1. The molecular weight excluding hydrogens is 335 g/mol. The molecule has 1 aromatic rings. The molecular formula is C16H22BrFN2O. The summed E-state index contributed by atoms with van der Waals surface area (Å²) < 4.78 is 13.9. The molecule has 1 aliphatic heterocycles. The topological polar surface area (TPSA) is 32.3 Å². The van der Waals surface area contributed by atoms with Crippen molar-refractivity contribution in [3.8, 4) is 0 Å². The Bertz CT molecular complexity index is 503. The summed E-state index contributed by atoms with van der Waals surface area (Å²) in [6.45, 7) is 5.60. The molecule has 116 valence electrons. The number of carbonyl (C=O) groups is 1. The Labute approximate surface area is 134 Å². The fraction of sp³-hybridized carbons (Fsp3) is 0.562. The Morgan fingerprint density at radius 2 is 1.95 bits per heavy atom. The van der Waals surface area contributed by atoms with Crippen molar-refractivity contribution in [1.82, 2.24) is 10.2 Å². The molecule has 3 nitrogen and oxygen atoms in total. The standard InChI is InChI=1S/C16H22BrFN2O/c1-11(14-7-6-13(18)10-15(14)17)19-12(2)16(21)20-8-4-3-5-9-20/h6-7,10-12,19H,3-5,8-9H2,1-2H3. The lowest BCUT2D eigenvalue weighted by Gasteiger charge is -2.30. The minimum atomic E-state index is -0.268. The SMILES string of the molecule is CC(NC(C)c1ccc(F)cc1Br)C(=O)N1CCCCC1. The number of nitrogens with zero attached hydrogens (tertiary/aromatic N) is 1. The van der Waals surface area contributed by atoms with Crippen LogP contribution in [0, 0.1) is 5.82 Å². The van der Waals surface area contributed by atoms with Gasteiger partial charge >= 0.3 is 0 Å². The van der Waals surface area contributed by atoms with Crippen molar-refractivity contribution in [3.63, 3.8) is 0 Å². The number of benzene rings is 1. The van der Waals surface area contributed by atoms with Crippen LogP contribution in [0.15, 0.2) is 22.7 Å². The summed E-state index contributed by atoms with van der Waals surface area (Å²) in [7, 11) is 0. The summed E-state index contributed by atoms with van der Waals surface area (Å²) >= 11 is 3.38. The lowest BCUT2D eigenvalue weighted by molar-refractivity contribution is -0.134. The second kappa shape index (κ2) is 7.36. The van der Waals surface area contributed by atoms with Crippen LogP contribution in [-0.4, -0.2) is 29.9 Å². The fourth-order valence-corrected chi connectivity index (χ4v) is 3.47. The van der Waals surface area contributed by atoms with Gasteiger partial charge in [0.05, 0.1) is 6.04 Å². The van der Waals surface area contributed by atoms with E-state index in [2.05, 4.69) is 21.2 Å². The molecule has 1 saturated heterocycles. The third kappa shape index (κ3) is 4.27. The molecule has 2 atom stereocenters. The zero-order valence-corrected chi connectivity index (χ0v) is 14.1. The van der Waals surface area contributed by atoms with Gasteiger partial charge in [0, 0.05) is 23.6 Å². The average molecular weight is 357 g/mol. The Hall–Kier alpha value is -0.940. The molecule has 0 aromatic heterocycles. The van der Waals surface area contributed by atoms with Gasteiger partial charge in [-0.1, -0.05) is 22.0 Å². The summed E-state index contributed by atoms with van der Waals surface area (Å²) in [5.74, 6) is -0.116. The average Bonchev–Trinajstić information content (AvgIpc) is 2.47. The van der Waals surface area contributed by atoms with Crippen LogP contribution in [0.2, 0.25) is 0 Å². The van der Waals surface area contributed by atoms with Gasteiger partial charge in [0.15, 0.2) is 0 Å². The predicted octanol–water partition coefficient (Wildman–Crippen LogP) is 3.64. The van der Waals surface area contributed by atoms with E-state index in [1.165, 1.54) is 18.6 Å². The number of rotatable bonds is 4. The molecule has 2 rings (SSSR count). The number of hydrogen-bond acceptors (Lipinski definition) is 2. The van der Waals surface area contributed by atoms with Crippen molar-refractivity contribution < 1.29 is 9.18 Å². The second-order valence-electron chi connectivity index (χ2n) is 5.66. The van der Waals surface area contributed by atoms with E-state index in [0.29, 0.717) is 0 Å². The summed E-state index contributed by atoms with van der Waals surface area (Å²) in [4.78, 5) is 14.3. The number of likely N-dealkylation sites (tertiary alicyclic amines) is 1. The van der Waals surface area contributed by atoms with Crippen LogP contribution in [0.1, 0.15) is 44.7 Å². The van der Waals surface area contributed by atoms with Crippen LogP contribution in [0.4, 0.5) is 4.39 Å². The van der Waals surface area contributed by atoms with E-state index in [1.807, 2.05) is 18.7 Å². The van der Waals surface area contributed by atoms with E-state index in [4.69, 9.17) is 0 Å². The molecule has 2 unspecified atom stereocenters. The first-order valence-electron chi connectivity index (χ1n) is 7.49. The molecule has 5 heteroatoms. The summed E-state index contributed by atoms with van der Waals surface area (Å²) in [5, 5.41) is 3.31. The highest BCUT2D eigenvalue weighted by Gasteiger charge is 2.23. The van der Waals surface area contributed by atoms with Gasteiger partial charge in [0.2, 0.25) is 5.91 Å². The smallest absolute Gasteiger partial charge is 0.239 e. The number of hydrogen-bond donors (Lipinski definition) is 1. The van der Waals surface area contributed by atoms with Gasteiger partial charge in [-0.2, -0.15) is 0 Å². The van der Waals surface area contributed by atoms with E-state index in [1.54, 1.807) is 6.07 Å². The van der Waals surface area contributed by atoms with Gasteiger partial charge in [0.1, 0.15) is 5.82 Å². The van der Waals surface area contributed by atoms with Crippen LogP contribution in [0.25, 0.3) is 0 Å². The van der Waals surface area contributed by atoms with Gasteiger partial charge in [-0.25, -0.2) is 4.39 Å². The first-order valence-corrected chi connectivity index (χ1v) is 8.28. The van der Waals surface area contributed by atoms with Gasteiger partial charge in [-0.3, -0.25) is 10.1 Å². The Morgan fingerprint density at radius 3 is 2.57 bits per heavy atom. The van der Waals surface area contributed by atoms with Crippen molar-refractivity contribution in [2.24, 2.45) is 0 Å². The first kappa shape index (κ1) is 16.4. The molecule has 1 aromatic carbocycles. The van der Waals surface area contributed by atoms with Crippen LogP contribution >= 0.6 is 15.9 Å². The third-order valence-corrected chi connectivity index (χ3v) is 4.65. The summed E-state index contributed by atoms with van der Waals surface area (Å²) in [5.41, 5.74) is 0.953. The summed E-state index contributed by atoms with van der Waals surface area (Å²) in [6, 6.07) is 4.37. The minimum Gasteiger partial charge on any atom is -0.341 e. The first-order chi connectivity index (χ1) is 9.99. The normalized spacial score (nSPS) is 18.4. The molecule has 0 spiro atoms. The maximum Gasteiger partial charge on any atom is 0.239 e. The molecule has 0 radical (unpaired) electrons. The minimum absolute atomic E-state index is 0.0243. The number of piperidine rings is 1. The predicted molar refractivity (Wildman–Crippen MR) is 85.5 cm³/mol. The van der Waals surface area contributed by atoms with E-state index in [9.17, 15) is 9.18 Å². The van der Waals surface area contributed by atoms with Crippen LogP contribution in [-0.2, 0) is 4.79 Å². The van der Waals surface area contributed by atoms with Crippen LogP contribution in [0.5, 0.6) is 0 Å². The van der Waals surface area contributed by atoms with E-state index < -0.39 is 0 Å².